The van der Waals surface area contributed by atoms with Crippen molar-refractivity contribution in [1.82, 2.24) is 0 Å². The van der Waals surface area contributed by atoms with Gasteiger partial charge in [-0.15, -0.1) is 24.8 Å². The zero-order chi connectivity index (χ0) is 22.8. The molecule has 0 aliphatic rings. The molecule has 0 saturated heterocycles. The summed E-state index contributed by atoms with van der Waals surface area (Å²) in [5.74, 6) is -1.86. The first kappa shape index (κ1) is 28.2. The molecule has 6 heteroatoms. The molecule has 4 aromatic rings. The maximum Gasteiger partial charge on any atom is 0.233 e. The molecular weight excluding hydrogens is 471 g/mol. The molecule has 0 saturated carbocycles. The highest BCUT2D eigenvalue weighted by molar-refractivity contribution is 6.49. The van der Waals surface area contributed by atoms with Crippen molar-refractivity contribution in [3.63, 3.8) is 0 Å². The smallest absolute Gasteiger partial charge is 0.233 e. The van der Waals surface area contributed by atoms with Crippen LogP contribution in [0.4, 0.5) is 0 Å². The van der Waals surface area contributed by atoms with E-state index in [0.717, 1.165) is 0 Å². The zero-order valence-electron chi connectivity index (χ0n) is 18.0. The maximum absolute atomic E-state index is 11.8. The van der Waals surface area contributed by atoms with E-state index in [1.165, 1.54) is 0 Å². The summed E-state index contributed by atoms with van der Waals surface area (Å²) in [4.78, 5) is 47.2. The van der Waals surface area contributed by atoms with E-state index < -0.39 is 23.1 Å². The number of carbonyl (C=O) groups excluding carboxylic acids is 4. The minimum absolute atomic E-state index is 0. The third kappa shape index (κ3) is 7.62. The molecule has 0 heterocycles. The second-order valence-electron chi connectivity index (χ2n) is 6.78. The summed E-state index contributed by atoms with van der Waals surface area (Å²) in [5.41, 5.74) is 1.71. The molecule has 0 spiro atoms. The second kappa shape index (κ2) is 14.3. The van der Waals surface area contributed by atoms with Gasteiger partial charge in [0, 0.05) is 22.3 Å². The van der Waals surface area contributed by atoms with Gasteiger partial charge in [0.2, 0.25) is 23.1 Å². The topological polar surface area (TPSA) is 68.3 Å². The fourth-order valence-electron chi connectivity index (χ4n) is 2.88. The minimum Gasteiger partial charge on any atom is -0.285 e. The Bertz CT molecular complexity index is 1010. The van der Waals surface area contributed by atoms with Gasteiger partial charge in [0.05, 0.1) is 0 Å². The standard InChI is InChI=1S/2C14H10O2.2ClH/c2*15-13(11-7-3-1-4-8-11)14(16)12-9-5-2-6-10-12;;/h2*1-10H;2*1H. The molecule has 0 aliphatic heterocycles. The van der Waals surface area contributed by atoms with Crippen LogP contribution < -0.4 is 0 Å². The van der Waals surface area contributed by atoms with Gasteiger partial charge in [-0.2, -0.15) is 0 Å². The van der Waals surface area contributed by atoms with Crippen molar-refractivity contribution < 1.29 is 19.2 Å². The molecule has 0 aromatic heterocycles. The van der Waals surface area contributed by atoms with Gasteiger partial charge < -0.3 is 0 Å². The molecule has 0 amide bonds. The van der Waals surface area contributed by atoms with Gasteiger partial charge in [-0.1, -0.05) is 121 Å². The van der Waals surface area contributed by atoms with Crippen molar-refractivity contribution >= 4 is 47.9 Å². The molecule has 4 rings (SSSR count). The number of Topliss-reactive ketones (excluding diaryl/α,β-unsaturated/α-hetero) is 4. The van der Waals surface area contributed by atoms with Crippen LogP contribution in [0, 0.1) is 0 Å². The van der Waals surface area contributed by atoms with Crippen LogP contribution in [-0.2, 0) is 0 Å². The number of benzene rings is 4. The molecule has 0 aliphatic carbocycles. The fourth-order valence-corrected chi connectivity index (χ4v) is 2.88. The van der Waals surface area contributed by atoms with E-state index in [2.05, 4.69) is 0 Å². The van der Waals surface area contributed by atoms with Crippen LogP contribution in [0.15, 0.2) is 121 Å². The highest BCUT2D eigenvalue weighted by Gasteiger charge is 2.18. The maximum atomic E-state index is 11.8. The molecule has 0 radical (unpaired) electrons. The van der Waals surface area contributed by atoms with Crippen LogP contribution in [-0.4, -0.2) is 23.1 Å². The Morgan fingerprint density at radius 2 is 0.441 bits per heavy atom. The molecule has 0 N–H and O–H groups in total. The van der Waals surface area contributed by atoms with Crippen molar-refractivity contribution in [1.29, 1.82) is 0 Å². The number of halogens is 2. The summed E-state index contributed by atoms with van der Waals surface area (Å²) in [7, 11) is 0. The fraction of sp³-hybridized carbons (Fsp3) is 0. The first-order chi connectivity index (χ1) is 15.6. The van der Waals surface area contributed by atoms with Crippen LogP contribution in [0.3, 0.4) is 0 Å². The van der Waals surface area contributed by atoms with Crippen molar-refractivity contribution in [3.8, 4) is 0 Å². The van der Waals surface area contributed by atoms with Gasteiger partial charge >= 0.3 is 0 Å². The van der Waals surface area contributed by atoms with Crippen LogP contribution in [0.1, 0.15) is 41.4 Å². The zero-order valence-corrected chi connectivity index (χ0v) is 19.6. The largest absolute Gasteiger partial charge is 0.285 e. The summed E-state index contributed by atoms with van der Waals surface area (Å²) in [6.45, 7) is 0. The minimum atomic E-state index is -0.466. The van der Waals surface area contributed by atoms with Crippen molar-refractivity contribution in [2.24, 2.45) is 0 Å². The third-order valence-corrected chi connectivity index (χ3v) is 4.56. The van der Waals surface area contributed by atoms with Crippen LogP contribution >= 0.6 is 24.8 Å². The Morgan fingerprint density at radius 1 is 0.294 bits per heavy atom. The van der Waals surface area contributed by atoms with E-state index >= 15 is 0 Å². The monoisotopic (exact) mass is 492 g/mol. The SMILES string of the molecule is Cl.Cl.O=C(C(=O)c1ccccc1)c1ccccc1.O=C(C(=O)c1ccccc1)c1ccccc1. The van der Waals surface area contributed by atoms with Crippen LogP contribution in [0.2, 0.25) is 0 Å². The number of ketones is 4. The molecule has 34 heavy (non-hydrogen) atoms. The highest BCUT2D eigenvalue weighted by Crippen LogP contribution is 2.08. The predicted molar refractivity (Wildman–Crippen MR) is 138 cm³/mol. The van der Waals surface area contributed by atoms with Crippen molar-refractivity contribution in [2.45, 2.75) is 0 Å². The van der Waals surface area contributed by atoms with E-state index in [1.807, 2.05) is 24.3 Å². The number of hydrogen-bond donors (Lipinski definition) is 0. The van der Waals surface area contributed by atoms with Gasteiger partial charge in [-0.05, 0) is 0 Å². The Labute approximate surface area is 210 Å². The first-order valence-electron chi connectivity index (χ1n) is 9.96. The molecule has 0 atom stereocenters. The van der Waals surface area contributed by atoms with E-state index in [1.54, 1.807) is 97.1 Å². The van der Waals surface area contributed by atoms with Gasteiger partial charge in [0.1, 0.15) is 0 Å². The summed E-state index contributed by atoms with van der Waals surface area (Å²) in [6, 6.07) is 34.3. The van der Waals surface area contributed by atoms with Gasteiger partial charge in [-0.3, -0.25) is 19.2 Å². The lowest BCUT2D eigenvalue weighted by Crippen LogP contribution is -2.14. The van der Waals surface area contributed by atoms with Crippen molar-refractivity contribution in [3.05, 3.63) is 144 Å². The van der Waals surface area contributed by atoms with E-state index in [0.29, 0.717) is 22.3 Å². The lowest BCUT2D eigenvalue weighted by Gasteiger charge is -1.99. The molecular formula is C28H22Cl2O4. The second-order valence-corrected chi connectivity index (χ2v) is 6.78. The highest BCUT2D eigenvalue weighted by atomic mass is 35.5. The average Bonchev–Trinajstić information content (AvgIpc) is 2.89. The van der Waals surface area contributed by atoms with Crippen LogP contribution in [0.25, 0.3) is 0 Å². The Balaban J connectivity index is 0.000000321. The van der Waals surface area contributed by atoms with E-state index in [9.17, 15) is 19.2 Å². The molecule has 4 aromatic carbocycles. The third-order valence-electron chi connectivity index (χ3n) is 4.56. The summed E-state index contributed by atoms with van der Waals surface area (Å²) >= 11 is 0. The molecule has 172 valence electrons. The normalized spacial score (nSPS) is 9.18. The summed E-state index contributed by atoms with van der Waals surface area (Å²) < 4.78 is 0. The molecule has 0 unspecified atom stereocenters. The van der Waals surface area contributed by atoms with E-state index in [-0.39, 0.29) is 24.8 Å². The molecule has 4 nitrogen and oxygen atoms in total. The number of hydrogen-bond acceptors (Lipinski definition) is 4. The Hall–Kier alpha value is -3.86. The van der Waals surface area contributed by atoms with Crippen LogP contribution in [0.5, 0.6) is 0 Å². The lowest BCUT2D eigenvalue weighted by atomic mass is 10.0. The Kier molecular flexibility index (Phi) is 11.9. The summed E-state index contributed by atoms with van der Waals surface area (Å²) in [5, 5.41) is 0. The van der Waals surface area contributed by atoms with Gasteiger partial charge in [0.25, 0.3) is 0 Å². The Morgan fingerprint density at radius 3 is 0.588 bits per heavy atom. The number of rotatable bonds is 6. The predicted octanol–water partition coefficient (Wildman–Crippen LogP) is 6.35. The van der Waals surface area contributed by atoms with Crippen molar-refractivity contribution in [2.75, 3.05) is 0 Å². The average molecular weight is 493 g/mol. The quantitative estimate of drug-likeness (QED) is 0.232. The molecule has 0 bridgehead atoms. The van der Waals surface area contributed by atoms with Gasteiger partial charge in [0.15, 0.2) is 0 Å². The lowest BCUT2D eigenvalue weighted by molar-refractivity contribution is 0.0817. The number of carbonyl (C=O) groups is 4. The molecule has 0 fully saturated rings. The van der Waals surface area contributed by atoms with Gasteiger partial charge in [-0.25, -0.2) is 0 Å². The summed E-state index contributed by atoms with van der Waals surface area (Å²) in [6.07, 6.45) is 0. The van der Waals surface area contributed by atoms with E-state index in [4.69, 9.17) is 0 Å². The first-order valence-corrected chi connectivity index (χ1v) is 9.96.